The fraction of sp³-hybridized carbons (Fsp3) is 0.500. The summed E-state index contributed by atoms with van der Waals surface area (Å²) in [5.41, 5.74) is 6.64. The second kappa shape index (κ2) is 4.28. The summed E-state index contributed by atoms with van der Waals surface area (Å²) in [6, 6.07) is 5.85. The number of nitrogens with zero attached hydrogens (tertiary/aromatic N) is 1. The molecule has 0 saturated carbocycles. The summed E-state index contributed by atoms with van der Waals surface area (Å²) in [5, 5.41) is 0. The van der Waals surface area contributed by atoms with Gasteiger partial charge in [-0.2, -0.15) is 0 Å². The number of fused-ring (bicyclic) bond motifs is 1. The summed E-state index contributed by atoms with van der Waals surface area (Å²) >= 11 is 0. The van der Waals surface area contributed by atoms with Crippen LogP contribution in [0.25, 0.3) is 0 Å². The predicted molar refractivity (Wildman–Crippen MR) is 71.7 cm³/mol. The van der Waals surface area contributed by atoms with Crippen molar-refractivity contribution in [2.45, 2.75) is 45.9 Å². The smallest absolute Gasteiger partial charge is 0.270 e. The highest BCUT2D eigenvalue weighted by atomic mass is 16.5. The van der Waals surface area contributed by atoms with Gasteiger partial charge in [-0.1, -0.05) is 6.07 Å². The molecule has 98 valence electrons. The quantitative estimate of drug-likeness (QED) is 0.871. The minimum absolute atomic E-state index is 0.0147. The van der Waals surface area contributed by atoms with Crippen LogP contribution < -0.4 is 15.4 Å². The van der Waals surface area contributed by atoms with Gasteiger partial charge >= 0.3 is 0 Å². The van der Waals surface area contributed by atoms with Crippen molar-refractivity contribution in [1.82, 2.24) is 0 Å². The number of carbonyl (C=O) groups excluding carboxylic acids is 1. The lowest BCUT2D eigenvalue weighted by Crippen LogP contribution is -2.54. The van der Waals surface area contributed by atoms with E-state index in [9.17, 15) is 4.79 Å². The molecule has 0 fully saturated rings. The van der Waals surface area contributed by atoms with Crippen LogP contribution in [0.4, 0.5) is 5.69 Å². The molecule has 2 rings (SSSR count). The summed E-state index contributed by atoms with van der Waals surface area (Å²) in [4.78, 5) is 14.2. The maximum Gasteiger partial charge on any atom is 0.270 e. The summed E-state index contributed by atoms with van der Waals surface area (Å²) < 4.78 is 5.78. The first-order chi connectivity index (χ1) is 8.36. The van der Waals surface area contributed by atoms with Crippen molar-refractivity contribution >= 4 is 11.6 Å². The standard InChI is InChI=1S/C14H20N2O2/c1-9(2)16-11-7-10(8-15)5-6-12(11)18-14(3,4)13(16)17/h5-7,9H,8,15H2,1-4H3. The molecule has 4 heteroatoms. The van der Waals surface area contributed by atoms with Gasteiger partial charge in [-0.3, -0.25) is 4.79 Å². The van der Waals surface area contributed by atoms with Gasteiger partial charge in [0.1, 0.15) is 5.75 Å². The van der Waals surface area contributed by atoms with Crippen molar-refractivity contribution in [1.29, 1.82) is 0 Å². The minimum atomic E-state index is -0.818. The molecule has 0 aromatic heterocycles. The van der Waals surface area contributed by atoms with E-state index in [0.717, 1.165) is 17.0 Å². The van der Waals surface area contributed by atoms with E-state index in [4.69, 9.17) is 10.5 Å². The molecular weight excluding hydrogens is 228 g/mol. The Morgan fingerprint density at radius 2 is 2.06 bits per heavy atom. The van der Waals surface area contributed by atoms with Crippen LogP contribution in [0.2, 0.25) is 0 Å². The zero-order valence-corrected chi connectivity index (χ0v) is 11.4. The van der Waals surface area contributed by atoms with Crippen LogP contribution in [0, 0.1) is 0 Å². The lowest BCUT2D eigenvalue weighted by atomic mass is 10.0. The van der Waals surface area contributed by atoms with Gasteiger partial charge in [0.05, 0.1) is 5.69 Å². The van der Waals surface area contributed by atoms with Crippen molar-refractivity contribution < 1.29 is 9.53 Å². The van der Waals surface area contributed by atoms with Crippen LogP contribution in [0.15, 0.2) is 18.2 Å². The van der Waals surface area contributed by atoms with E-state index in [1.807, 2.05) is 32.0 Å². The SMILES string of the molecule is CC(C)N1C(=O)C(C)(C)Oc2ccc(CN)cc21. The van der Waals surface area contributed by atoms with E-state index in [1.165, 1.54) is 0 Å². The number of anilines is 1. The fourth-order valence-electron chi connectivity index (χ4n) is 2.20. The Balaban J connectivity index is 2.57. The van der Waals surface area contributed by atoms with Gasteiger partial charge < -0.3 is 15.4 Å². The van der Waals surface area contributed by atoms with Crippen molar-refractivity contribution in [2.75, 3.05) is 4.90 Å². The van der Waals surface area contributed by atoms with Gasteiger partial charge in [-0.05, 0) is 45.4 Å². The number of hydrogen-bond donors (Lipinski definition) is 1. The van der Waals surface area contributed by atoms with Crippen LogP contribution in [-0.2, 0) is 11.3 Å². The van der Waals surface area contributed by atoms with Crippen molar-refractivity contribution in [3.05, 3.63) is 23.8 Å². The van der Waals surface area contributed by atoms with Gasteiger partial charge in [0.15, 0.2) is 5.60 Å². The summed E-state index contributed by atoms with van der Waals surface area (Å²) in [6.45, 7) is 8.04. The Morgan fingerprint density at radius 1 is 1.39 bits per heavy atom. The second-order valence-corrected chi connectivity index (χ2v) is 5.39. The number of carbonyl (C=O) groups is 1. The molecule has 0 spiro atoms. The van der Waals surface area contributed by atoms with E-state index in [-0.39, 0.29) is 11.9 Å². The number of ether oxygens (including phenoxy) is 1. The second-order valence-electron chi connectivity index (χ2n) is 5.39. The first-order valence-electron chi connectivity index (χ1n) is 6.22. The Hall–Kier alpha value is -1.55. The van der Waals surface area contributed by atoms with Crippen LogP contribution >= 0.6 is 0 Å². The van der Waals surface area contributed by atoms with Crippen LogP contribution in [0.3, 0.4) is 0 Å². The lowest BCUT2D eigenvalue weighted by Gasteiger charge is -2.41. The molecule has 1 aromatic rings. The number of hydrogen-bond acceptors (Lipinski definition) is 3. The third-order valence-electron chi connectivity index (χ3n) is 3.13. The van der Waals surface area contributed by atoms with Gasteiger partial charge in [0.25, 0.3) is 5.91 Å². The average molecular weight is 248 g/mol. The first-order valence-corrected chi connectivity index (χ1v) is 6.22. The first kappa shape index (κ1) is 12.9. The molecule has 0 unspecified atom stereocenters. The molecule has 1 heterocycles. The maximum atomic E-state index is 12.4. The zero-order valence-electron chi connectivity index (χ0n) is 11.4. The maximum absolute atomic E-state index is 12.4. The Labute approximate surface area is 108 Å². The Kier molecular flexibility index (Phi) is 3.07. The monoisotopic (exact) mass is 248 g/mol. The average Bonchev–Trinajstić information content (AvgIpc) is 2.29. The largest absolute Gasteiger partial charge is 0.476 e. The van der Waals surface area contributed by atoms with Gasteiger partial charge in [0.2, 0.25) is 0 Å². The molecule has 18 heavy (non-hydrogen) atoms. The van der Waals surface area contributed by atoms with Crippen molar-refractivity contribution in [3.8, 4) is 5.75 Å². The molecule has 4 nitrogen and oxygen atoms in total. The molecular formula is C14H20N2O2. The molecule has 2 N–H and O–H groups in total. The van der Waals surface area contributed by atoms with Gasteiger partial charge in [-0.25, -0.2) is 0 Å². The van der Waals surface area contributed by atoms with E-state index in [1.54, 1.807) is 18.7 Å². The highest BCUT2D eigenvalue weighted by Gasteiger charge is 2.41. The third-order valence-corrected chi connectivity index (χ3v) is 3.13. The van der Waals surface area contributed by atoms with Crippen LogP contribution in [0.1, 0.15) is 33.3 Å². The fourth-order valence-corrected chi connectivity index (χ4v) is 2.20. The highest BCUT2D eigenvalue weighted by molar-refractivity contribution is 6.02. The van der Waals surface area contributed by atoms with Gasteiger partial charge in [0, 0.05) is 12.6 Å². The number of benzene rings is 1. The van der Waals surface area contributed by atoms with Gasteiger partial charge in [-0.15, -0.1) is 0 Å². The van der Waals surface area contributed by atoms with Crippen LogP contribution in [0.5, 0.6) is 5.75 Å². The molecule has 0 atom stereocenters. The van der Waals surface area contributed by atoms with E-state index in [0.29, 0.717) is 6.54 Å². The van der Waals surface area contributed by atoms with Crippen molar-refractivity contribution in [2.24, 2.45) is 5.73 Å². The van der Waals surface area contributed by atoms with Crippen LogP contribution in [-0.4, -0.2) is 17.6 Å². The normalized spacial score (nSPS) is 17.7. The summed E-state index contributed by atoms with van der Waals surface area (Å²) in [7, 11) is 0. The van der Waals surface area contributed by atoms with Crippen molar-refractivity contribution in [3.63, 3.8) is 0 Å². The molecule has 1 aliphatic heterocycles. The molecule has 0 bridgehead atoms. The Bertz CT molecular complexity index is 481. The zero-order chi connectivity index (χ0) is 13.5. The van der Waals surface area contributed by atoms with E-state index < -0.39 is 5.60 Å². The topological polar surface area (TPSA) is 55.6 Å². The Morgan fingerprint density at radius 3 is 2.61 bits per heavy atom. The van der Waals surface area contributed by atoms with E-state index in [2.05, 4.69) is 0 Å². The molecule has 1 amide bonds. The minimum Gasteiger partial charge on any atom is -0.476 e. The molecule has 1 aromatic carbocycles. The third kappa shape index (κ3) is 1.97. The summed E-state index contributed by atoms with van der Waals surface area (Å²) in [6.07, 6.45) is 0. The lowest BCUT2D eigenvalue weighted by molar-refractivity contribution is -0.133. The number of amides is 1. The predicted octanol–water partition coefficient (Wildman–Crippen LogP) is 2.06. The number of nitrogens with two attached hydrogens (primary N) is 1. The molecule has 0 aliphatic carbocycles. The summed E-state index contributed by atoms with van der Waals surface area (Å²) in [5.74, 6) is 0.727. The number of rotatable bonds is 2. The highest BCUT2D eigenvalue weighted by Crippen LogP contribution is 2.39. The molecule has 1 aliphatic rings. The molecule has 0 radical (unpaired) electrons. The molecule has 0 saturated heterocycles. The van der Waals surface area contributed by atoms with E-state index >= 15 is 0 Å².